The Labute approximate surface area is 181 Å². The Morgan fingerprint density at radius 2 is 2.19 bits per heavy atom. The van der Waals surface area contributed by atoms with Crippen molar-refractivity contribution < 1.29 is 34.4 Å². The number of aliphatic hydroxyl groups is 2. The van der Waals surface area contributed by atoms with Crippen LogP contribution in [-0.2, 0) is 19.1 Å². The number of hydrogen-bond donors (Lipinski definition) is 5. The van der Waals surface area contributed by atoms with Gasteiger partial charge < -0.3 is 30.1 Å². The van der Waals surface area contributed by atoms with Crippen LogP contribution in [0.25, 0.3) is 11.2 Å². The molecule has 0 bridgehead atoms. The Bertz CT molecular complexity index is 899. The minimum atomic E-state index is -1.21. The monoisotopic (exact) mass is 456 g/mol. The number of rotatable bonds is 12. The molecule has 0 saturated carbocycles. The maximum absolute atomic E-state index is 10.7. The average molecular weight is 456 g/mol. The number of carbonyl (C=O) groups excluding carboxylic acids is 1. The number of nitrogens with two attached hydrogens (primary N) is 1. The Balaban J connectivity index is 1.64. The van der Waals surface area contributed by atoms with E-state index in [-0.39, 0.29) is 13.0 Å². The lowest BCUT2D eigenvalue weighted by Crippen LogP contribution is -2.32. The molecule has 1 fully saturated rings. The van der Waals surface area contributed by atoms with Crippen LogP contribution in [0.3, 0.4) is 0 Å². The molecule has 5 atom stereocenters. The number of aliphatic hydroxyl groups excluding tert-OH is 2. The Hall–Kier alpha value is -2.52. The lowest BCUT2D eigenvalue weighted by atomic mass is 10.1. The van der Waals surface area contributed by atoms with E-state index in [2.05, 4.69) is 25.0 Å². The third-order valence-electron chi connectivity index (χ3n) is 4.66. The zero-order valence-corrected chi connectivity index (χ0v) is 17.2. The molecule has 0 amide bonds. The number of imidazole rings is 1. The van der Waals surface area contributed by atoms with Crippen molar-refractivity contribution in [1.29, 1.82) is 0 Å². The molecule has 0 aliphatic carbocycles. The van der Waals surface area contributed by atoms with Crippen molar-refractivity contribution in [2.75, 3.05) is 23.4 Å². The first-order valence-electron chi connectivity index (χ1n) is 9.49. The van der Waals surface area contributed by atoms with E-state index in [9.17, 15) is 19.8 Å². The molecule has 0 aromatic carbocycles. The predicted octanol–water partition coefficient (Wildman–Crippen LogP) is -1.09. The summed E-state index contributed by atoms with van der Waals surface area (Å²) in [7, 11) is 0. The van der Waals surface area contributed by atoms with Crippen LogP contribution in [0.4, 0.5) is 5.82 Å². The molecule has 13 nitrogen and oxygen atoms in total. The molecule has 0 radical (unpaired) electrons. The van der Waals surface area contributed by atoms with Crippen molar-refractivity contribution in [2.24, 2.45) is 5.73 Å². The van der Waals surface area contributed by atoms with Crippen molar-refractivity contribution in [3.63, 3.8) is 0 Å². The zero-order chi connectivity index (χ0) is 22.4. The number of ether oxygens (including phenoxy) is 2. The van der Waals surface area contributed by atoms with Gasteiger partial charge in [0.2, 0.25) is 0 Å². The highest BCUT2D eigenvalue weighted by Crippen LogP contribution is 2.33. The van der Waals surface area contributed by atoms with Crippen molar-refractivity contribution in [2.45, 2.75) is 43.6 Å². The topological polar surface area (TPSA) is 195 Å². The second-order valence-corrected chi connectivity index (χ2v) is 7.95. The minimum absolute atomic E-state index is 0.0889. The van der Waals surface area contributed by atoms with Gasteiger partial charge in [0.25, 0.3) is 6.47 Å². The first-order chi connectivity index (χ1) is 14.9. The molecule has 3 rings (SSSR count). The highest BCUT2D eigenvalue weighted by atomic mass is 32.2. The first kappa shape index (κ1) is 23.1. The number of carbonyl (C=O) groups is 2. The highest BCUT2D eigenvalue weighted by molar-refractivity contribution is 7.99. The van der Waals surface area contributed by atoms with Gasteiger partial charge in [-0.15, -0.1) is 0 Å². The normalized spacial score (nSPS) is 24.2. The smallest absolute Gasteiger partial charge is 0.305 e. The molecule has 170 valence electrons. The quantitative estimate of drug-likeness (QED) is 0.147. The van der Waals surface area contributed by atoms with Gasteiger partial charge in [-0.2, -0.15) is 11.8 Å². The van der Waals surface area contributed by atoms with E-state index in [0.717, 1.165) is 0 Å². The molecule has 3 heterocycles. The molecule has 0 spiro atoms. The maximum atomic E-state index is 10.7. The van der Waals surface area contributed by atoms with Gasteiger partial charge in [0.1, 0.15) is 18.5 Å². The maximum Gasteiger partial charge on any atom is 0.305 e. The lowest BCUT2D eigenvalue weighted by Gasteiger charge is -2.16. The molecule has 14 heteroatoms. The highest BCUT2D eigenvalue weighted by Gasteiger charge is 2.44. The summed E-state index contributed by atoms with van der Waals surface area (Å²) >= 11 is 1.45. The number of hydrogen-bond acceptors (Lipinski definition) is 12. The van der Waals surface area contributed by atoms with Crippen molar-refractivity contribution in [3.05, 3.63) is 12.7 Å². The second-order valence-electron chi connectivity index (χ2n) is 6.80. The Kier molecular flexibility index (Phi) is 7.97. The number of fused-ring (bicyclic) bond motifs is 1. The summed E-state index contributed by atoms with van der Waals surface area (Å²) in [5.74, 6) is 0.391. The molecule has 2 aromatic rings. The van der Waals surface area contributed by atoms with E-state index in [1.807, 2.05) is 0 Å². The molecule has 31 heavy (non-hydrogen) atoms. The van der Waals surface area contributed by atoms with E-state index in [1.165, 1.54) is 29.0 Å². The molecule has 1 aliphatic rings. The molecule has 2 aromatic heterocycles. The number of aromatic nitrogens is 4. The van der Waals surface area contributed by atoms with Crippen molar-refractivity contribution >= 4 is 41.2 Å². The lowest BCUT2D eigenvalue weighted by molar-refractivity contribution is -0.136. The van der Waals surface area contributed by atoms with Crippen LogP contribution < -0.4 is 11.1 Å². The number of aliphatic carboxylic acids is 1. The molecule has 1 saturated heterocycles. The van der Waals surface area contributed by atoms with E-state index in [0.29, 0.717) is 41.4 Å². The summed E-state index contributed by atoms with van der Waals surface area (Å²) < 4.78 is 12.0. The number of nitrogens with zero attached hydrogens (tertiary/aromatic N) is 4. The van der Waals surface area contributed by atoms with Crippen LogP contribution in [-0.4, -0.2) is 89.9 Å². The minimum Gasteiger partial charge on any atom is -0.481 e. The molecule has 6 N–H and O–H groups in total. The fourth-order valence-electron chi connectivity index (χ4n) is 3.09. The van der Waals surface area contributed by atoms with Crippen LogP contribution in [0.15, 0.2) is 12.7 Å². The standard InChI is InChI=1S/C17H24N6O7S/c18-10(29-8-24)2-4-31-5-9-13(27)14(28)17(30-9)23-7-22-12-15(19-3-1-11(25)26)20-6-21-16(12)23/h6-10,13-14,17,27-28H,1-5,18H2,(H,25,26)(H,19,20,21)/t9-,10-,13?,14+,17-/m1/s1. The van der Waals surface area contributed by atoms with Gasteiger partial charge in [-0.05, 0) is 5.75 Å². The van der Waals surface area contributed by atoms with Crippen LogP contribution in [0.5, 0.6) is 0 Å². The van der Waals surface area contributed by atoms with Gasteiger partial charge in [0, 0.05) is 18.7 Å². The number of carboxylic acids is 1. The first-order valence-corrected chi connectivity index (χ1v) is 10.6. The van der Waals surface area contributed by atoms with Crippen molar-refractivity contribution in [3.8, 4) is 0 Å². The summed E-state index contributed by atoms with van der Waals surface area (Å²) in [6.45, 7) is 0.461. The summed E-state index contributed by atoms with van der Waals surface area (Å²) in [5.41, 5.74) is 6.34. The van der Waals surface area contributed by atoms with Gasteiger partial charge >= 0.3 is 5.97 Å². The average Bonchev–Trinajstić information content (AvgIpc) is 3.28. The summed E-state index contributed by atoms with van der Waals surface area (Å²) in [6.07, 6.45) is -1.49. The molecular weight excluding hydrogens is 432 g/mol. The van der Waals surface area contributed by atoms with Crippen molar-refractivity contribution in [1.82, 2.24) is 19.5 Å². The number of carboxylic acid groups (broad SMARTS) is 1. The summed E-state index contributed by atoms with van der Waals surface area (Å²) in [6, 6.07) is 0. The van der Waals surface area contributed by atoms with Crippen LogP contribution in [0.2, 0.25) is 0 Å². The SMILES string of the molecule is N[C@@H](CCSC[C@H]1O[C@@H](n2cnc3c(NCCC(=O)O)ncnc32)[C@@H](O)C1O)OC=O. The summed E-state index contributed by atoms with van der Waals surface area (Å²) in [5, 5.41) is 32.6. The van der Waals surface area contributed by atoms with E-state index >= 15 is 0 Å². The predicted molar refractivity (Wildman–Crippen MR) is 109 cm³/mol. The van der Waals surface area contributed by atoms with Gasteiger partial charge in [-0.25, -0.2) is 15.0 Å². The molecule has 1 aliphatic heterocycles. The number of thioether (sulfide) groups is 1. The molecule has 1 unspecified atom stereocenters. The van der Waals surface area contributed by atoms with Crippen LogP contribution >= 0.6 is 11.8 Å². The third-order valence-corrected chi connectivity index (χ3v) is 5.75. The van der Waals surface area contributed by atoms with Gasteiger partial charge in [0.05, 0.1) is 18.9 Å². The second kappa shape index (κ2) is 10.7. The van der Waals surface area contributed by atoms with Crippen LogP contribution in [0.1, 0.15) is 19.1 Å². The van der Waals surface area contributed by atoms with Gasteiger partial charge in [-0.3, -0.25) is 19.9 Å². The van der Waals surface area contributed by atoms with E-state index < -0.39 is 36.7 Å². The Morgan fingerprint density at radius 1 is 1.39 bits per heavy atom. The zero-order valence-electron chi connectivity index (χ0n) is 16.4. The Morgan fingerprint density at radius 3 is 2.94 bits per heavy atom. The van der Waals surface area contributed by atoms with Gasteiger partial charge in [-0.1, -0.05) is 0 Å². The number of anilines is 1. The fraction of sp³-hybridized carbons (Fsp3) is 0.588. The van der Waals surface area contributed by atoms with Crippen LogP contribution in [0, 0.1) is 0 Å². The van der Waals surface area contributed by atoms with E-state index in [4.69, 9.17) is 15.6 Å². The van der Waals surface area contributed by atoms with E-state index in [1.54, 1.807) is 0 Å². The number of nitrogens with one attached hydrogen (secondary N) is 1. The molecular formula is C17H24N6O7S. The third kappa shape index (κ3) is 5.59. The summed E-state index contributed by atoms with van der Waals surface area (Å²) in [4.78, 5) is 33.5. The fourth-order valence-corrected chi connectivity index (χ4v) is 4.16. The van der Waals surface area contributed by atoms with Gasteiger partial charge in [0.15, 0.2) is 29.4 Å². The largest absolute Gasteiger partial charge is 0.481 e.